The summed E-state index contributed by atoms with van der Waals surface area (Å²) in [5.41, 5.74) is 0. The molecule has 4 atom stereocenters. The molecule has 0 aromatic rings. The Balaban J connectivity index is -0.00000152. The average molecular weight is 1180 g/mol. The Morgan fingerprint density at radius 2 is 0.217 bits per heavy atom. The molecule has 4 unspecified atom stereocenters. The highest BCUT2D eigenvalue weighted by Gasteiger charge is 2.19. The number of ether oxygens (including phenoxy) is 2. The van der Waals surface area contributed by atoms with Gasteiger partial charge < -0.3 is 14.9 Å². The van der Waals surface area contributed by atoms with Gasteiger partial charge in [0.15, 0.2) is 0 Å². The van der Waals surface area contributed by atoms with Crippen LogP contribution in [0.15, 0.2) is 0 Å². The molecule has 3 heteroatoms. The molecule has 0 aromatic heterocycles. The molecule has 0 aliphatic rings. The molecule has 0 saturated heterocycles. The van der Waals surface area contributed by atoms with Crippen LogP contribution in [0.1, 0.15) is 492 Å². The Morgan fingerprint density at radius 1 is 0.133 bits per heavy atom. The lowest BCUT2D eigenvalue weighted by atomic mass is 9.99. The second kappa shape index (κ2) is 79.9. The molecule has 504 valence electrons. The zero-order valence-electron chi connectivity index (χ0n) is 59.7. The lowest BCUT2D eigenvalue weighted by Gasteiger charge is -2.26. The van der Waals surface area contributed by atoms with E-state index in [-0.39, 0.29) is 5.48 Å². The SMILES string of the molecule is CCCCCCCCCCCCC(CCCCCCC)OC(CCCCCCC)CCCCCCCCCCCC.CCCCCCCCCCCCC(CCCCCCC)OC(CCCCCCC)CCCCCCCCCCCC.O. The lowest BCUT2D eigenvalue weighted by molar-refractivity contribution is -0.0326. The fraction of sp³-hybridized carbons (Fsp3) is 1.00. The standard InChI is InChI=1S/2C40H82O.H2O/c2*1-5-9-13-17-19-21-23-25-29-33-37-39(35-31-27-15-11-7-3)41-40(36-32-28-16-12-8-4)38-34-30-26-24-22-20-18-14-10-6-2;/h2*39-40H,5-38H2,1-4H3;1H2. The predicted molar refractivity (Wildman–Crippen MR) is 380 cm³/mol. The van der Waals surface area contributed by atoms with Gasteiger partial charge in [-0.3, -0.25) is 0 Å². The summed E-state index contributed by atoms with van der Waals surface area (Å²) in [5.74, 6) is 0. The molecule has 0 spiro atoms. The maximum atomic E-state index is 7.03. The Hall–Kier alpha value is -0.120. The first-order chi connectivity index (χ1) is 40.6. The minimum atomic E-state index is 0. The van der Waals surface area contributed by atoms with E-state index in [1.54, 1.807) is 0 Å². The monoisotopic (exact) mass is 1180 g/mol. The number of hydrogen-bond acceptors (Lipinski definition) is 2. The first-order valence-corrected chi connectivity index (χ1v) is 39.9. The summed E-state index contributed by atoms with van der Waals surface area (Å²) in [6, 6.07) is 0. The van der Waals surface area contributed by atoms with Gasteiger partial charge in [0, 0.05) is 0 Å². The maximum Gasteiger partial charge on any atom is 0.0578 e. The van der Waals surface area contributed by atoms with Crippen LogP contribution < -0.4 is 0 Å². The molecule has 0 aliphatic carbocycles. The molecule has 0 rings (SSSR count). The third kappa shape index (κ3) is 74.3. The van der Waals surface area contributed by atoms with Crippen LogP contribution in [0.25, 0.3) is 0 Å². The predicted octanol–water partition coefficient (Wildman–Crippen LogP) is 29.3. The topological polar surface area (TPSA) is 50.0 Å². The van der Waals surface area contributed by atoms with Crippen molar-refractivity contribution < 1.29 is 14.9 Å². The zero-order chi connectivity index (χ0) is 59.8. The molecule has 0 radical (unpaired) electrons. The molecule has 0 saturated carbocycles. The number of unbranched alkanes of at least 4 members (excludes halogenated alkanes) is 52. The Bertz CT molecular complexity index is 899. The Labute approximate surface area is 528 Å². The van der Waals surface area contributed by atoms with Crippen LogP contribution in [0.4, 0.5) is 0 Å². The highest BCUT2D eigenvalue weighted by atomic mass is 16.5. The van der Waals surface area contributed by atoms with E-state index in [0.717, 1.165) is 0 Å². The van der Waals surface area contributed by atoms with Crippen molar-refractivity contribution in [3.8, 4) is 0 Å². The summed E-state index contributed by atoms with van der Waals surface area (Å²) >= 11 is 0. The summed E-state index contributed by atoms with van der Waals surface area (Å²) < 4.78 is 14.1. The molecule has 0 aliphatic heterocycles. The summed E-state index contributed by atoms with van der Waals surface area (Å²) in [6.07, 6.45) is 97.7. The summed E-state index contributed by atoms with van der Waals surface area (Å²) in [7, 11) is 0. The van der Waals surface area contributed by atoms with Crippen LogP contribution in [0.2, 0.25) is 0 Å². The van der Waals surface area contributed by atoms with Gasteiger partial charge in [0.1, 0.15) is 0 Å². The Kier molecular flexibility index (Phi) is 83.8. The van der Waals surface area contributed by atoms with E-state index >= 15 is 0 Å². The Morgan fingerprint density at radius 3 is 0.313 bits per heavy atom. The fourth-order valence-corrected chi connectivity index (χ4v) is 13.0. The van der Waals surface area contributed by atoms with Crippen molar-refractivity contribution >= 4 is 0 Å². The van der Waals surface area contributed by atoms with Crippen molar-refractivity contribution in [2.75, 3.05) is 0 Å². The quantitative estimate of drug-likeness (QED) is 0.0570. The largest absolute Gasteiger partial charge is 0.412 e. The molecule has 2 N–H and O–H groups in total. The summed E-state index contributed by atoms with van der Waals surface area (Å²) in [5, 5.41) is 0. The second-order valence-electron chi connectivity index (χ2n) is 27.5. The van der Waals surface area contributed by atoms with Crippen molar-refractivity contribution in [3.05, 3.63) is 0 Å². The van der Waals surface area contributed by atoms with Gasteiger partial charge in [-0.05, 0) is 51.4 Å². The lowest BCUT2D eigenvalue weighted by Crippen LogP contribution is -2.23. The van der Waals surface area contributed by atoms with Crippen LogP contribution >= 0.6 is 0 Å². The van der Waals surface area contributed by atoms with Gasteiger partial charge in [0.2, 0.25) is 0 Å². The van der Waals surface area contributed by atoms with E-state index in [0.29, 0.717) is 24.4 Å². The molecule has 0 amide bonds. The minimum absolute atomic E-state index is 0. The van der Waals surface area contributed by atoms with E-state index in [9.17, 15) is 0 Å². The molecule has 0 aromatic carbocycles. The highest BCUT2D eigenvalue weighted by Crippen LogP contribution is 2.26. The molecule has 83 heavy (non-hydrogen) atoms. The highest BCUT2D eigenvalue weighted by molar-refractivity contribution is 4.69. The first-order valence-electron chi connectivity index (χ1n) is 39.9. The number of rotatable bonds is 72. The third-order valence-corrected chi connectivity index (χ3v) is 18.8. The van der Waals surface area contributed by atoms with Crippen molar-refractivity contribution in [1.82, 2.24) is 0 Å². The summed E-state index contributed by atoms with van der Waals surface area (Å²) in [6.45, 7) is 18.6. The third-order valence-electron chi connectivity index (χ3n) is 18.8. The van der Waals surface area contributed by atoms with Gasteiger partial charge in [-0.15, -0.1) is 0 Å². The van der Waals surface area contributed by atoms with Gasteiger partial charge in [-0.25, -0.2) is 0 Å². The van der Waals surface area contributed by atoms with Crippen molar-refractivity contribution in [2.45, 2.75) is 516 Å². The van der Waals surface area contributed by atoms with E-state index < -0.39 is 0 Å². The van der Waals surface area contributed by atoms with E-state index in [1.165, 1.54) is 437 Å². The van der Waals surface area contributed by atoms with Crippen LogP contribution in [0, 0.1) is 0 Å². The molecule has 3 nitrogen and oxygen atoms in total. The molecule has 0 heterocycles. The van der Waals surface area contributed by atoms with E-state index in [2.05, 4.69) is 55.4 Å². The van der Waals surface area contributed by atoms with Crippen molar-refractivity contribution in [3.63, 3.8) is 0 Å². The van der Waals surface area contributed by atoms with E-state index in [4.69, 9.17) is 9.47 Å². The van der Waals surface area contributed by atoms with Crippen LogP contribution in [-0.2, 0) is 9.47 Å². The average Bonchev–Trinajstić information content (AvgIpc) is 3.49. The second-order valence-corrected chi connectivity index (χ2v) is 27.5. The summed E-state index contributed by atoms with van der Waals surface area (Å²) in [4.78, 5) is 0. The molecule has 0 bridgehead atoms. The van der Waals surface area contributed by atoms with Crippen molar-refractivity contribution in [1.29, 1.82) is 0 Å². The van der Waals surface area contributed by atoms with Crippen LogP contribution in [0.3, 0.4) is 0 Å². The van der Waals surface area contributed by atoms with Crippen LogP contribution in [-0.4, -0.2) is 29.9 Å². The van der Waals surface area contributed by atoms with Crippen LogP contribution in [0.5, 0.6) is 0 Å². The van der Waals surface area contributed by atoms with Gasteiger partial charge in [0.05, 0.1) is 24.4 Å². The molecular weight excluding hydrogens is 1010 g/mol. The van der Waals surface area contributed by atoms with Crippen molar-refractivity contribution in [2.24, 2.45) is 0 Å². The molecular formula is C80H166O3. The smallest absolute Gasteiger partial charge is 0.0578 e. The van der Waals surface area contributed by atoms with Gasteiger partial charge in [0.25, 0.3) is 0 Å². The minimum Gasteiger partial charge on any atom is -0.412 e. The number of hydrogen-bond donors (Lipinski definition) is 0. The maximum absolute atomic E-state index is 7.03. The van der Waals surface area contributed by atoms with Gasteiger partial charge in [-0.2, -0.15) is 0 Å². The first kappa shape index (κ1) is 87.1. The zero-order valence-corrected chi connectivity index (χ0v) is 59.7. The van der Waals surface area contributed by atoms with Gasteiger partial charge >= 0.3 is 0 Å². The fourth-order valence-electron chi connectivity index (χ4n) is 13.0. The van der Waals surface area contributed by atoms with E-state index in [1.807, 2.05) is 0 Å². The normalized spacial score (nSPS) is 13.0. The van der Waals surface area contributed by atoms with Gasteiger partial charge in [-0.1, -0.05) is 441 Å². The molecule has 0 fully saturated rings.